The van der Waals surface area contributed by atoms with Crippen LogP contribution in [0, 0.1) is 5.82 Å². The Labute approximate surface area is 124 Å². The number of esters is 1. The number of rotatable bonds is 6. The van der Waals surface area contributed by atoms with Gasteiger partial charge in [-0.2, -0.15) is 0 Å². The van der Waals surface area contributed by atoms with E-state index in [9.17, 15) is 9.18 Å². The van der Waals surface area contributed by atoms with Gasteiger partial charge in [0.15, 0.2) is 0 Å². The van der Waals surface area contributed by atoms with Crippen molar-refractivity contribution < 1.29 is 18.7 Å². The molecule has 4 nitrogen and oxygen atoms in total. The number of halogens is 1. The van der Waals surface area contributed by atoms with Crippen molar-refractivity contribution in [1.29, 1.82) is 0 Å². The molecule has 2 rings (SSSR count). The van der Waals surface area contributed by atoms with Crippen molar-refractivity contribution in [3.63, 3.8) is 0 Å². The summed E-state index contributed by atoms with van der Waals surface area (Å²) < 4.78 is 24.0. The number of fused-ring (bicyclic) bond motifs is 1. The standard InChI is InChI=1S/C16H22FNO3/c1-4-20-16(19)10-18(11(2)3)9-14-8-12-7-13(17)5-6-15(12)21-14/h5-7,11,14H,4,8-10H2,1-3H3. The molecule has 1 heterocycles. The number of carbonyl (C=O) groups excluding carboxylic acids is 1. The van der Waals surface area contributed by atoms with Crippen LogP contribution in [-0.4, -0.2) is 42.7 Å². The van der Waals surface area contributed by atoms with Crippen molar-refractivity contribution >= 4 is 5.97 Å². The zero-order chi connectivity index (χ0) is 15.4. The van der Waals surface area contributed by atoms with Crippen LogP contribution in [0.15, 0.2) is 18.2 Å². The van der Waals surface area contributed by atoms with Crippen molar-refractivity contribution in [2.24, 2.45) is 0 Å². The molecule has 0 aromatic heterocycles. The van der Waals surface area contributed by atoms with Gasteiger partial charge >= 0.3 is 5.97 Å². The zero-order valence-corrected chi connectivity index (χ0v) is 12.8. The Hall–Kier alpha value is -1.62. The lowest BCUT2D eigenvalue weighted by molar-refractivity contribution is -0.145. The normalized spacial score (nSPS) is 17.0. The second-order valence-electron chi connectivity index (χ2n) is 5.52. The lowest BCUT2D eigenvalue weighted by atomic mass is 10.1. The molecule has 1 aliphatic heterocycles. The second kappa shape index (κ2) is 6.89. The van der Waals surface area contributed by atoms with E-state index in [1.54, 1.807) is 13.0 Å². The van der Waals surface area contributed by atoms with Crippen molar-refractivity contribution in [2.75, 3.05) is 19.7 Å². The van der Waals surface area contributed by atoms with Gasteiger partial charge in [0.05, 0.1) is 13.2 Å². The van der Waals surface area contributed by atoms with Crippen LogP contribution in [0.2, 0.25) is 0 Å². The maximum Gasteiger partial charge on any atom is 0.320 e. The Morgan fingerprint density at radius 2 is 2.29 bits per heavy atom. The van der Waals surface area contributed by atoms with E-state index in [4.69, 9.17) is 9.47 Å². The molecule has 0 radical (unpaired) electrons. The third kappa shape index (κ3) is 4.17. The molecule has 0 fully saturated rings. The van der Waals surface area contributed by atoms with Gasteiger partial charge in [0.1, 0.15) is 17.7 Å². The van der Waals surface area contributed by atoms with Crippen molar-refractivity contribution in [1.82, 2.24) is 4.90 Å². The highest BCUT2D eigenvalue weighted by Crippen LogP contribution is 2.29. The average Bonchev–Trinajstić information content (AvgIpc) is 2.79. The molecule has 0 aliphatic carbocycles. The van der Waals surface area contributed by atoms with Crippen molar-refractivity contribution in [3.8, 4) is 5.75 Å². The summed E-state index contributed by atoms with van der Waals surface area (Å²) in [5.74, 6) is 0.263. The van der Waals surface area contributed by atoms with Crippen LogP contribution in [-0.2, 0) is 16.0 Å². The van der Waals surface area contributed by atoms with E-state index in [1.807, 2.05) is 18.7 Å². The third-order valence-electron chi connectivity index (χ3n) is 3.57. The third-order valence-corrected chi connectivity index (χ3v) is 3.57. The molecular formula is C16H22FNO3. The van der Waals surface area contributed by atoms with E-state index >= 15 is 0 Å². The molecule has 1 aromatic carbocycles. The van der Waals surface area contributed by atoms with E-state index < -0.39 is 0 Å². The van der Waals surface area contributed by atoms with Gasteiger partial charge in [-0.05, 0) is 39.0 Å². The Kier molecular flexibility index (Phi) is 5.17. The number of hydrogen-bond acceptors (Lipinski definition) is 4. The molecule has 116 valence electrons. The van der Waals surface area contributed by atoms with E-state index in [2.05, 4.69) is 0 Å². The number of hydrogen-bond donors (Lipinski definition) is 0. The van der Waals surface area contributed by atoms with Crippen LogP contribution in [0.3, 0.4) is 0 Å². The van der Waals surface area contributed by atoms with Crippen LogP contribution in [0.5, 0.6) is 5.75 Å². The van der Waals surface area contributed by atoms with Gasteiger partial charge in [-0.15, -0.1) is 0 Å². The summed E-state index contributed by atoms with van der Waals surface area (Å²) in [5.41, 5.74) is 0.889. The van der Waals surface area contributed by atoms with Gasteiger partial charge in [-0.25, -0.2) is 4.39 Å². The monoisotopic (exact) mass is 295 g/mol. The minimum Gasteiger partial charge on any atom is -0.488 e. The minimum atomic E-state index is -0.245. The van der Waals surface area contributed by atoms with Gasteiger partial charge in [-0.1, -0.05) is 0 Å². The molecular weight excluding hydrogens is 273 g/mol. The summed E-state index contributed by atoms with van der Waals surface area (Å²) in [6, 6.07) is 4.79. The molecule has 1 unspecified atom stereocenters. The Bertz CT molecular complexity index is 504. The first-order valence-corrected chi connectivity index (χ1v) is 7.34. The predicted octanol–water partition coefficient (Wildman–Crippen LogP) is 2.40. The van der Waals surface area contributed by atoms with Crippen molar-refractivity contribution in [3.05, 3.63) is 29.6 Å². The molecule has 0 bridgehead atoms. The largest absolute Gasteiger partial charge is 0.488 e. The highest BCUT2D eigenvalue weighted by molar-refractivity contribution is 5.71. The summed E-state index contributed by atoms with van der Waals surface area (Å²) in [6.45, 7) is 7.10. The highest BCUT2D eigenvalue weighted by atomic mass is 19.1. The van der Waals surface area contributed by atoms with Crippen LogP contribution in [0.4, 0.5) is 4.39 Å². The second-order valence-corrected chi connectivity index (χ2v) is 5.52. The fourth-order valence-electron chi connectivity index (χ4n) is 2.48. The fourth-order valence-corrected chi connectivity index (χ4v) is 2.48. The predicted molar refractivity (Wildman–Crippen MR) is 77.9 cm³/mol. The Morgan fingerprint density at radius 3 is 2.95 bits per heavy atom. The van der Waals surface area contributed by atoms with Gasteiger partial charge in [0.2, 0.25) is 0 Å². The van der Waals surface area contributed by atoms with Crippen LogP contribution in [0.1, 0.15) is 26.3 Å². The van der Waals surface area contributed by atoms with Crippen LogP contribution in [0.25, 0.3) is 0 Å². The highest BCUT2D eigenvalue weighted by Gasteiger charge is 2.27. The van der Waals surface area contributed by atoms with Gasteiger partial charge in [-0.3, -0.25) is 9.69 Å². The van der Waals surface area contributed by atoms with E-state index in [0.29, 0.717) is 19.6 Å². The van der Waals surface area contributed by atoms with E-state index in [1.165, 1.54) is 12.1 Å². The average molecular weight is 295 g/mol. The lowest BCUT2D eigenvalue weighted by Crippen LogP contribution is -2.42. The maximum atomic E-state index is 13.2. The first-order valence-electron chi connectivity index (χ1n) is 7.34. The summed E-state index contributed by atoms with van der Waals surface area (Å²) in [5, 5.41) is 0. The number of ether oxygens (including phenoxy) is 2. The van der Waals surface area contributed by atoms with Crippen molar-refractivity contribution in [2.45, 2.75) is 39.3 Å². The summed E-state index contributed by atoms with van der Waals surface area (Å²) in [7, 11) is 0. The smallest absolute Gasteiger partial charge is 0.320 e. The van der Waals surface area contributed by atoms with Gasteiger partial charge in [0, 0.05) is 24.6 Å². The summed E-state index contributed by atoms with van der Waals surface area (Å²) >= 11 is 0. The molecule has 0 saturated carbocycles. The molecule has 1 atom stereocenters. The molecule has 0 spiro atoms. The topological polar surface area (TPSA) is 38.8 Å². The quantitative estimate of drug-likeness (QED) is 0.756. The Morgan fingerprint density at radius 1 is 1.52 bits per heavy atom. The zero-order valence-electron chi connectivity index (χ0n) is 12.8. The molecule has 0 saturated heterocycles. The van der Waals surface area contributed by atoms with Crippen LogP contribution < -0.4 is 4.74 Å². The van der Waals surface area contributed by atoms with Gasteiger partial charge in [0.25, 0.3) is 0 Å². The molecule has 5 heteroatoms. The number of carbonyl (C=O) groups is 1. The Balaban J connectivity index is 1.95. The first-order chi connectivity index (χ1) is 9.99. The van der Waals surface area contributed by atoms with Gasteiger partial charge < -0.3 is 9.47 Å². The minimum absolute atomic E-state index is 0.0568. The molecule has 0 N–H and O–H groups in total. The number of benzene rings is 1. The number of nitrogens with zero attached hydrogens (tertiary/aromatic N) is 1. The summed E-state index contributed by atoms with van der Waals surface area (Å²) in [4.78, 5) is 13.7. The summed E-state index contributed by atoms with van der Waals surface area (Å²) in [6.07, 6.45) is 0.609. The maximum absolute atomic E-state index is 13.2. The molecule has 1 aromatic rings. The van der Waals surface area contributed by atoms with E-state index in [-0.39, 0.29) is 30.5 Å². The first kappa shape index (κ1) is 15.8. The fraction of sp³-hybridized carbons (Fsp3) is 0.562. The molecule has 21 heavy (non-hydrogen) atoms. The molecule has 0 amide bonds. The lowest BCUT2D eigenvalue weighted by Gasteiger charge is -2.27. The SMILES string of the molecule is CCOC(=O)CN(CC1Cc2cc(F)ccc2O1)C(C)C. The van der Waals surface area contributed by atoms with E-state index in [0.717, 1.165) is 11.3 Å². The molecule has 1 aliphatic rings. The van der Waals surface area contributed by atoms with Crippen LogP contribution >= 0.6 is 0 Å².